The van der Waals surface area contributed by atoms with Crippen LogP contribution in [-0.2, 0) is 0 Å². The molecule has 2 heterocycles. The van der Waals surface area contributed by atoms with E-state index in [1.807, 2.05) is 19.1 Å². The van der Waals surface area contributed by atoms with E-state index in [4.69, 9.17) is 11.2 Å². The van der Waals surface area contributed by atoms with E-state index in [-0.39, 0.29) is 0 Å². The molecule has 1 aliphatic heterocycles. The number of anilines is 1. The Morgan fingerprint density at radius 3 is 3.00 bits per heavy atom. The normalized spacial score (nSPS) is 16.8. The lowest BCUT2D eigenvalue weighted by atomic mass is 10.0. The first-order valence-corrected chi connectivity index (χ1v) is 6.83. The molecule has 0 amide bonds. The average Bonchev–Trinajstić information content (AvgIpc) is 2.44. The predicted octanol–water partition coefficient (Wildman–Crippen LogP) is 1.99. The quantitative estimate of drug-likeness (QED) is 0.821. The third kappa shape index (κ3) is 3.87. The fourth-order valence-corrected chi connectivity index (χ4v) is 2.34. The van der Waals surface area contributed by atoms with Gasteiger partial charge >= 0.3 is 0 Å². The summed E-state index contributed by atoms with van der Waals surface area (Å²) in [4.78, 5) is 6.57. The predicted molar refractivity (Wildman–Crippen MR) is 77.3 cm³/mol. The fourth-order valence-electron chi connectivity index (χ4n) is 2.34. The summed E-state index contributed by atoms with van der Waals surface area (Å²) >= 11 is 0. The van der Waals surface area contributed by atoms with Crippen LogP contribution in [0.2, 0.25) is 0 Å². The van der Waals surface area contributed by atoms with Crippen LogP contribution in [0.3, 0.4) is 0 Å². The van der Waals surface area contributed by atoms with Crippen molar-refractivity contribution in [3.05, 3.63) is 18.3 Å². The maximum Gasteiger partial charge on any atom is 0.237 e. The topological polar surface area (TPSA) is 37.4 Å². The first-order chi connectivity index (χ1) is 9.33. The molecule has 0 aromatic carbocycles. The molecule has 0 radical (unpaired) electrons. The molecule has 0 spiro atoms. The van der Waals surface area contributed by atoms with E-state index in [0.717, 1.165) is 38.2 Å². The molecule has 4 nitrogen and oxygen atoms in total. The first-order valence-electron chi connectivity index (χ1n) is 6.83. The molecule has 1 aliphatic rings. The highest BCUT2D eigenvalue weighted by molar-refractivity contribution is 5.52. The Morgan fingerprint density at radius 1 is 1.53 bits per heavy atom. The van der Waals surface area contributed by atoms with Crippen molar-refractivity contribution in [3.63, 3.8) is 0 Å². The first kappa shape index (κ1) is 13.7. The van der Waals surface area contributed by atoms with E-state index in [9.17, 15) is 0 Å². The van der Waals surface area contributed by atoms with Crippen molar-refractivity contribution in [2.75, 3.05) is 31.6 Å². The molecule has 2 rings (SSSR count). The molecule has 0 aliphatic carbocycles. The zero-order valence-corrected chi connectivity index (χ0v) is 11.4. The SMILES string of the molecule is C#CCN1CCC(Nc2cccnc2OCC)CC1. The molecule has 0 saturated carbocycles. The van der Waals surface area contributed by atoms with Crippen molar-refractivity contribution >= 4 is 5.69 Å². The molecule has 0 atom stereocenters. The van der Waals surface area contributed by atoms with Gasteiger partial charge in [0.2, 0.25) is 5.88 Å². The summed E-state index contributed by atoms with van der Waals surface area (Å²) in [6.07, 6.45) is 9.29. The Hall–Kier alpha value is -1.73. The number of nitrogens with zero attached hydrogens (tertiary/aromatic N) is 2. The van der Waals surface area contributed by atoms with Crippen LogP contribution < -0.4 is 10.1 Å². The van der Waals surface area contributed by atoms with Gasteiger partial charge in [0.1, 0.15) is 0 Å². The smallest absolute Gasteiger partial charge is 0.237 e. The lowest BCUT2D eigenvalue weighted by molar-refractivity contribution is 0.243. The number of pyridine rings is 1. The lowest BCUT2D eigenvalue weighted by Gasteiger charge is -2.31. The average molecular weight is 259 g/mol. The van der Waals surface area contributed by atoms with Crippen molar-refractivity contribution in [2.45, 2.75) is 25.8 Å². The Balaban J connectivity index is 1.90. The van der Waals surface area contributed by atoms with Crippen LogP contribution in [0.5, 0.6) is 5.88 Å². The number of ether oxygens (including phenoxy) is 1. The van der Waals surface area contributed by atoms with Gasteiger partial charge in [0.25, 0.3) is 0 Å². The van der Waals surface area contributed by atoms with Gasteiger partial charge in [-0.25, -0.2) is 4.98 Å². The molecule has 1 aromatic rings. The minimum Gasteiger partial charge on any atom is -0.476 e. The van der Waals surface area contributed by atoms with Crippen molar-refractivity contribution in [2.24, 2.45) is 0 Å². The van der Waals surface area contributed by atoms with E-state index in [1.165, 1.54) is 0 Å². The van der Waals surface area contributed by atoms with Crippen LogP contribution in [-0.4, -0.2) is 42.2 Å². The second-order valence-corrected chi connectivity index (χ2v) is 4.69. The maximum absolute atomic E-state index is 5.53. The van der Waals surface area contributed by atoms with Crippen LogP contribution in [0.4, 0.5) is 5.69 Å². The molecule has 0 bridgehead atoms. The largest absolute Gasteiger partial charge is 0.476 e. The van der Waals surface area contributed by atoms with E-state index >= 15 is 0 Å². The van der Waals surface area contributed by atoms with Crippen LogP contribution in [0, 0.1) is 12.3 Å². The van der Waals surface area contributed by atoms with Crippen molar-refractivity contribution < 1.29 is 4.74 Å². The Bertz CT molecular complexity index is 433. The molecule has 4 heteroatoms. The van der Waals surface area contributed by atoms with Crippen LogP contribution in [0.15, 0.2) is 18.3 Å². The third-order valence-electron chi connectivity index (χ3n) is 3.31. The number of hydrogen-bond donors (Lipinski definition) is 1. The fraction of sp³-hybridized carbons (Fsp3) is 0.533. The summed E-state index contributed by atoms with van der Waals surface area (Å²) in [5.41, 5.74) is 0.986. The number of piperidine rings is 1. The molecule has 1 N–H and O–H groups in total. The summed E-state index contributed by atoms with van der Waals surface area (Å²) in [5.74, 6) is 3.39. The van der Waals surface area contributed by atoms with Gasteiger partial charge in [0.15, 0.2) is 0 Å². The highest BCUT2D eigenvalue weighted by Crippen LogP contribution is 2.24. The summed E-state index contributed by atoms with van der Waals surface area (Å²) in [7, 11) is 0. The molecule has 19 heavy (non-hydrogen) atoms. The number of terminal acetylenes is 1. The molecule has 0 unspecified atom stereocenters. The Labute approximate surface area is 115 Å². The summed E-state index contributed by atoms with van der Waals surface area (Å²) < 4.78 is 5.53. The molecular weight excluding hydrogens is 238 g/mol. The van der Waals surface area contributed by atoms with Gasteiger partial charge in [-0.1, -0.05) is 5.92 Å². The second kappa shape index (κ2) is 7.01. The molecule has 102 valence electrons. The number of rotatable bonds is 5. The monoisotopic (exact) mass is 259 g/mol. The minimum atomic E-state index is 0.470. The van der Waals surface area contributed by atoms with Gasteiger partial charge in [0, 0.05) is 25.3 Å². The van der Waals surface area contributed by atoms with E-state index < -0.39 is 0 Å². The summed E-state index contributed by atoms with van der Waals surface area (Å²) in [6, 6.07) is 4.42. The highest BCUT2D eigenvalue weighted by atomic mass is 16.5. The molecule has 1 aromatic heterocycles. The van der Waals surface area contributed by atoms with Crippen LogP contribution >= 0.6 is 0 Å². The van der Waals surface area contributed by atoms with Gasteiger partial charge in [0.05, 0.1) is 18.8 Å². The zero-order chi connectivity index (χ0) is 13.5. The van der Waals surface area contributed by atoms with Gasteiger partial charge in [-0.2, -0.15) is 0 Å². The van der Waals surface area contributed by atoms with E-state index in [2.05, 4.69) is 21.1 Å². The molecular formula is C15H21N3O. The molecule has 1 saturated heterocycles. The van der Waals surface area contributed by atoms with E-state index in [0.29, 0.717) is 18.5 Å². The van der Waals surface area contributed by atoms with Crippen LogP contribution in [0.25, 0.3) is 0 Å². The molecule has 1 fully saturated rings. The number of likely N-dealkylation sites (tertiary alicyclic amines) is 1. The number of nitrogens with one attached hydrogen (secondary N) is 1. The standard InChI is InChI=1S/C15H21N3O/c1-3-10-18-11-7-13(8-12-18)17-14-6-5-9-16-15(14)19-4-2/h1,5-6,9,13,17H,4,7-8,10-12H2,2H3. The Kier molecular flexibility index (Phi) is 5.05. The maximum atomic E-state index is 5.53. The minimum absolute atomic E-state index is 0.470. The van der Waals surface area contributed by atoms with Crippen molar-refractivity contribution in [1.82, 2.24) is 9.88 Å². The van der Waals surface area contributed by atoms with E-state index in [1.54, 1.807) is 6.20 Å². The van der Waals surface area contributed by atoms with Gasteiger partial charge in [-0.05, 0) is 31.9 Å². The third-order valence-corrected chi connectivity index (χ3v) is 3.31. The van der Waals surface area contributed by atoms with Crippen molar-refractivity contribution in [3.8, 4) is 18.2 Å². The van der Waals surface area contributed by atoms with Gasteiger partial charge < -0.3 is 10.1 Å². The van der Waals surface area contributed by atoms with Gasteiger partial charge in [-0.3, -0.25) is 4.90 Å². The number of hydrogen-bond acceptors (Lipinski definition) is 4. The van der Waals surface area contributed by atoms with Gasteiger partial charge in [-0.15, -0.1) is 6.42 Å². The summed E-state index contributed by atoms with van der Waals surface area (Å²) in [5, 5.41) is 3.53. The van der Waals surface area contributed by atoms with Crippen molar-refractivity contribution in [1.29, 1.82) is 0 Å². The Morgan fingerprint density at radius 2 is 2.32 bits per heavy atom. The summed E-state index contributed by atoms with van der Waals surface area (Å²) in [6.45, 7) is 5.45. The number of aromatic nitrogens is 1. The van der Waals surface area contributed by atoms with Crippen LogP contribution in [0.1, 0.15) is 19.8 Å². The zero-order valence-electron chi connectivity index (χ0n) is 11.4. The lowest BCUT2D eigenvalue weighted by Crippen LogP contribution is -2.39. The second-order valence-electron chi connectivity index (χ2n) is 4.69. The highest BCUT2D eigenvalue weighted by Gasteiger charge is 2.19.